The first kappa shape index (κ1) is 14.8. The Morgan fingerprint density at radius 2 is 2.00 bits per heavy atom. The van der Waals surface area contributed by atoms with Crippen LogP contribution in [-0.4, -0.2) is 18.7 Å². The van der Waals surface area contributed by atoms with Crippen molar-refractivity contribution in [2.24, 2.45) is 0 Å². The summed E-state index contributed by atoms with van der Waals surface area (Å²) in [6.45, 7) is 10.2. The van der Waals surface area contributed by atoms with Gasteiger partial charge in [0.2, 0.25) is 0 Å². The molecule has 4 heteroatoms. The van der Waals surface area contributed by atoms with Crippen LogP contribution >= 0.6 is 0 Å². The maximum atomic E-state index is 11.8. The molecule has 0 unspecified atom stereocenters. The highest BCUT2D eigenvalue weighted by molar-refractivity contribution is 5.92. The van der Waals surface area contributed by atoms with E-state index in [0.29, 0.717) is 17.9 Å². The minimum Gasteiger partial charge on any atom is -0.468 e. The molecule has 0 radical (unpaired) electrons. The second-order valence-corrected chi connectivity index (χ2v) is 5.55. The van der Waals surface area contributed by atoms with Crippen molar-refractivity contribution in [2.45, 2.75) is 52.7 Å². The van der Waals surface area contributed by atoms with Crippen LogP contribution in [0.1, 0.15) is 62.2 Å². The van der Waals surface area contributed by atoms with Crippen LogP contribution < -0.4 is 0 Å². The molecule has 0 saturated carbocycles. The van der Waals surface area contributed by atoms with E-state index in [9.17, 15) is 4.79 Å². The van der Waals surface area contributed by atoms with E-state index in [-0.39, 0.29) is 17.5 Å². The molecule has 0 amide bonds. The minimum absolute atomic E-state index is 0.127. The topological polar surface area (TPSA) is 48.7 Å². The van der Waals surface area contributed by atoms with Crippen LogP contribution in [0, 0.1) is 0 Å². The number of carbonyl (C=O) groups excluding carboxylic acids is 1. The van der Waals surface area contributed by atoms with Gasteiger partial charge in [-0.2, -0.15) is 0 Å². The fourth-order valence-corrected chi connectivity index (χ4v) is 1.57. The highest BCUT2D eigenvalue weighted by Gasteiger charge is 2.24. The van der Waals surface area contributed by atoms with E-state index in [1.54, 1.807) is 6.26 Å². The highest BCUT2D eigenvalue weighted by Crippen LogP contribution is 2.27. The van der Waals surface area contributed by atoms with Crippen LogP contribution in [-0.2, 0) is 16.1 Å². The van der Waals surface area contributed by atoms with Gasteiger partial charge in [-0.15, -0.1) is 0 Å². The van der Waals surface area contributed by atoms with E-state index >= 15 is 0 Å². The second kappa shape index (κ2) is 5.57. The molecule has 0 aliphatic carbocycles. The lowest BCUT2D eigenvalue weighted by molar-refractivity contribution is -0.0156. The number of ether oxygens (including phenoxy) is 2. The van der Waals surface area contributed by atoms with Gasteiger partial charge in [-0.3, -0.25) is 0 Å². The number of esters is 1. The number of hydrogen-bond acceptors (Lipinski definition) is 4. The summed E-state index contributed by atoms with van der Waals surface area (Å²) in [5.74, 6) is 0.400. The molecule has 1 aromatic rings. The van der Waals surface area contributed by atoms with Crippen molar-refractivity contribution in [3.8, 4) is 0 Å². The molecule has 0 aliphatic heterocycles. The zero-order chi connectivity index (χ0) is 13.9. The number of hydrogen-bond donors (Lipinski definition) is 0. The number of carbonyl (C=O) groups is 1. The zero-order valence-electron chi connectivity index (χ0n) is 12.0. The lowest BCUT2D eigenvalue weighted by Gasteiger charge is -2.19. The van der Waals surface area contributed by atoms with Gasteiger partial charge in [0, 0.05) is 11.5 Å². The van der Waals surface area contributed by atoms with Gasteiger partial charge in [-0.05, 0) is 20.8 Å². The number of methoxy groups -OCH3 is 1. The average molecular weight is 254 g/mol. The van der Waals surface area contributed by atoms with Crippen molar-refractivity contribution >= 4 is 5.97 Å². The monoisotopic (exact) mass is 254 g/mol. The summed E-state index contributed by atoms with van der Waals surface area (Å²) in [4.78, 5) is 11.8. The second-order valence-electron chi connectivity index (χ2n) is 5.55. The summed E-state index contributed by atoms with van der Waals surface area (Å²) >= 11 is 0. The third kappa shape index (κ3) is 3.60. The Morgan fingerprint density at radius 1 is 1.39 bits per heavy atom. The highest BCUT2D eigenvalue weighted by atomic mass is 16.5. The van der Waals surface area contributed by atoms with Crippen molar-refractivity contribution in [3.05, 3.63) is 23.2 Å². The van der Waals surface area contributed by atoms with Crippen molar-refractivity contribution in [1.82, 2.24) is 0 Å². The number of furan rings is 1. The predicted molar refractivity (Wildman–Crippen MR) is 68.7 cm³/mol. The molecule has 0 saturated heterocycles. The Kier molecular flexibility index (Phi) is 4.57. The first-order chi connectivity index (χ1) is 8.26. The normalized spacial score (nSPS) is 11.9. The quantitative estimate of drug-likeness (QED) is 0.771. The van der Waals surface area contributed by atoms with Crippen LogP contribution in [0.4, 0.5) is 0 Å². The third-order valence-corrected chi connectivity index (χ3v) is 2.47. The molecular weight excluding hydrogens is 232 g/mol. The number of rotatable bonds is 4. The van der Waals surface area contributed by atoms with Crippen LogP contribution in [0.25, 0.3) is 0 Å². The Balaban J connectivity index is 3.01. The lowest BCUT2D eigenvalue weighted by Crippen LogP contribution is -2.19. The minimum atomic E-state index is -0.375. The first-order valence-corrected chi connectivity index (χ1v) is 6.08. The molecule has 18 heavy (non-hydrogen) atoms. The van der Waals surface area contributed by atoms with Gasteiger partial charge in [-0.1, -0.05) is 13.8 Å². The molecule has 0 aromatic carbocycles. The molecule has 0 bridgehead atoms. The van der Waals surface area contributed by atoms with Gasteiger partial charge < -0.3 is 13.9 Å². The summed E-state index contributed by atoms with van der Waals surface area (Å²) in [5, 5.41) is 0. The standard InChI is InChI=1S/C14H22O4/c1-9(2)12-11(13(15)16-6)10(7-17-12)8-18-14(3,4)5/h7,9H,8H2,1-6H3. The van der Waals surface area contributed by atoms with E-state index in [4.69, 9.17) is 13.9 Å². The van der Waals surface area contributed by atoms with Gasteiger partial charge >= 0.3 is 5.97 Å². The summed E-state index contributed by atoms with van der Waals surface area (Å²) in [7, 11) is 1.37. The van der Waals surface area contributed by atoms with Crippen molar-refractivity contribution in [3.63, 3.8) is 0 Å². The van der Waals surface area contributed by atoms with E-state index in [0.717, 1.165) is 5.56 Å². The first-order valence-electron chi connectivity index (χ1n) is 6.08. The summed E-state index contributed by atoms with van der Waals surface area (Å²) in [6.07, 6.45) is 1.58. The fourth-order valence-electron chi connectivity index (χ4n) is 1.57. The molecule has 0 aliphatic rings. The van der Waals surface area contributed by atoms with Crippen LogP contribution in [0.5, 0.6) is 0 Å². The van der Waals surface area contributed by atoms with Gasteiger partial charge in [0.1, 0.15) is 11.3 Å². The SMILES string of the molecule is COC(=O)c1c(COC(C)(C)C)coc1C(C)C. The summed E-state index contributed by atoms with van der Waals surface area (Å²) < 4.78 is 15.9. The van der Waals surface area contributed by atoms with Crippen molar-refractivity contribution < 1.29 is 18.7 Å². The summed E-state index contributed by atoms with van der Waals surface area (Å²) in [6, 6.07) is 0. The Bertz CT molecular complexity index is 410. The molecule has 1 heterocycles. The molecular formula is C14H22O4. The maximum absolute atomic E-state index is 11.8. The van der Waals surface area contributed by atoms with Crippen molar-refractivity contribution in [1.29, 1.82) is 0 Å². The van der Waals surface area contributed by atoms with E-state index in [2.05, 4.69) is 0 Å². The van der Waals surface area contributed by atoms with Crippen LogP contribution in [0.3, 0.4) is 0 Å². The van der Waals surface area contributed by atoms with Crippen LogP contribution in [0.2, 0.25) is 0 Å². The predicted octanol–water partition coefficient (Wildman–Crippen LogP) is 3.50. The molecule has 0 spiro atoms. The van der Waals surface area contributed by atoms with Crippen molar-refractivity contribution in [2.75, 3.05) is 7.11 Å². The zero-order valence-corrected chi connectivity index (χ0v) is 12.0. The van der Waals surface area contributed by atoms with E-state index < -0.39 is 0 Å². The average Bonchev–Trinajstić information content (AvgIpc) is 2.68. The molecule has 0 atom stereocenters. The van der Waals surface area contributed by atoms with Gasteiger partial charge in [0.15, 0.2) is 0 Å². The smallest absolute Gasteiger partial charge is 0.341 e. The molecule has 102 valence electrons. The molecule has 0 fully saturated rings. The fraction of sp³-hybridized carbons (Fsp3) is 0.643. The van der Waals surface area contributed by atoms with Gasteiger partial charge in [0.05, 0.1) is 25.6 Å². The molecule has 1 aromatic heterocycles. The largest absolute Gasteiger partial charge is 0.468 e. The van der Waals surface area contributed by atoms with Gasteiger partial charge in [0.25, 0.3) is 0 Å². The molecule has 0 N–H and O–H groups in total. The Morgan fingerprint density at radius 3 is 2.44 bits per heavy atom. The van der Waals surface area contributed by atoms with E-state index in [1.807, 2.05) is 34.6 Å². The summed E-state index contributed by atoms with van der Waals surface area (Å²) in [5.41, 5.74) is 0.972. The Labute approximate surface area is 108 Å². The Hall–Kier alpha value is -1.29. The third-order valence-electron chi connectivity index (χ3n) is 2.47. The lowest BCUT2D eigenvalue weighted by atomic mass is 10.0. The van der Waals surface area contributed by atoms with Gasteiger partial charge in [-0.25, -0.2) is 4.79 Å². The molecule has 4 nitrogen and oxygen atoms in total. The maximum Gasteiger partial charge on any atom is 0.341 e. The van der Waals surface area contributed by atoms with Crippen LogP contribution in [0.15, 0.2) is 10.7 Å². The van der Waals surface area contributed by atoms with E-state index in [1.165, 1.54) is 7.11 Å². The molecule has 1 rings (SSSR count).